The van der Waals surface area contributed by atoms with Gasteiger partial charge in [0.25, 0.3) is 5.91 Å². The molecule has 1 aromatic heterocycles. The van der Waals surface area contributed by atoms with E-state index in [-0.39, 0.29) is 11.9 Å². The lowest BCUT2D eigenvalue weighted by Gasteiger charge is -2.26. The number of furan rings is 1. The van der Waals surface area contributed by atoms with Gasteiger partial charge in [-0.15, -0.1) is 5.12 Å². The molecule has 2 aromatic carbocycles. The van der Waals surface area contributed by atoms with Gasteiger partial charge in [-0.3, -0.25) is 4.79 Å². The number of nitrogens with two attached hydrogens (primary N) is 2. The minimum Gasteiger partial charge on any atom is -0.460 e. The van der Waals surface area contributed by atoms with Crippen LogP contribution in [0.3, 0.4) is 0 Å². The van der Waals surface area contributed by atoms with E-state index >= 15 is 0 Å². The highest BCUT2D eigenvalue weighted by atomic mass is 16.3. The van der Waals surface area contributed by atoms with Gasteiger partial charge < -0.3 is 15.5 Å². The van der Waals surface area contributed by atoms with Gasteiger partial charge in [0.1, 0.15) is 11.3 Å². The maximum atomic E-state index is 12.9. The Balaban J connectivity index is 1.63. The number of nitrogens with one attached hydrogen (secondary N) is 1. The minimum atomic E-state index is -0.596. The second-order valence-electron chi connectivity index (χ2n) is 6.77. The predicted octanol–water partition coefficient (Wildman–Crippen LogP) is 2.02. The number of hydrogen-bond donors (Lipinski definition) is 3. The van der Waals surface area contributed by atoms with Crippen molar-refractivity contribution in [1.82, 2.24) is 15.4 Å². The average Bonchev–Trinajstić information content (AvgIpc) is 3.20. The third-order valence-electron chi connectivity index (χ3n) is 4.65. The fraction of sp³-hybridized carbons (Fsp3) is 0.200. The summed E-state index contributed by atoms with van der Waals surface area (Å²) in [6.07, 6.45) is -0.596. The monoisotopic (exact) mass is 378 g/mol. The van der Waals surface area contributed by atoms with Crippen LogP contribution in [-0.4, -0.2) is 29.0 Å². The first-order valence-corrected chi connectivity index (χ1v) is 8.93. The average molecular weight is 378 g/mol. The zero-order chi connectivity index (χ0) is 19.8. The van der Waals surface area contributed by atoms with E-state index in [1.54, 1.807) is 12.1 Å². The van der Waals surface area contributed by atoms with E-state index in [0.717, 1.165) is 27.9 Å². The molecular weight excluding hydrogens is 356 g/mol. The maximum absolute atomic E-state index is 12.9. The highest BCUT2D eigenvalue weighted by Crippen LogP contribution is 2.30. The fourth-order valence-electron chi connectivity index (χ4n) is 3.34. The Bertz CT molecular complexity index is 1070. The second kappa shape index (κ2) is 7.08. The van der Waals surface area contributed by atoms with Gasteiger partial charge in [-0.1, -0.05) is 23.8 Å². The molecule has 8 nitrogen and oxygen atoms in total. The van der Waals surface area contributed by atoms with Crippen molar-refractivity contribution in [2.24, 2.45) is 16.6 Å². The Labute approximate surface area is 162 Å². The largest absolute Gasteiger partial charge is 0.460 e. The van der Waals surface area contributed by atoms with Crippen LogP contribution in [0.15, 0.2) is 57.9 Å². The summed E-state index contributed by atoms with van der Waals surface area (Å²) in [6, 6.07) is 14.9. The van der Waals surface area contributed by atoms with Crippen molar-refractivity contribution in [3.05, 3.63) is 71.0 Å². The summed E-state index contributed by atoms with van der Waals surface area (Å²) in [6.45, 7) is 2.56. The van der Waals surface area contributed by atoms with E-state index in [1.165, 1.54) is 10.1 Å². The van der Waals surface area contributed by atoms with E-state index in [2.05, 4.69) is 10.3 Å². The first-order chi connectivity index (χ1) is 13.5. The van der Waals surface area contributed by atoms with Crippen LogP contribution in [0.2, 0.25) is 0 Å². The van der Waals surface area contributed by atoms with Gasteiger partial charge in [0.05, 0.1) is 6.54 Å². The normalized spacial score (nSPS) is 17.3. The predicted molar refractivity (Wildman–Crippen MR) is 107 cm³/mol. The molecule has 0 saturated heterocycles. The van der Waals surface area contributed by atoms with Crippen LogP contribution in [0.1, 0.15) is 33.4 Å². The van der Waals surface area contributed by atoms with Crippen LogP contribution in [-0.2, 0) is 6.54 Å². The lowest BCUT2D eigenvalue weighted by atomic mass is 10.1. The third-order valence-corrected chi connectivity index (χ3v) is 4.65. The molecule has 0 aliphatic carbocycles. The van der Waals surface area contributed by atoms with E-state index in [1.807, 2.05) is 50.4 Å². The quantitative estimate of drug-likeness (QED) is 0.599. The smallest absolute Gasteiger partial charge is 0.276 e. The number of aliphatic imine (C=N–C) groups is 1. The van der Waals surface area contributed by atoms with Gasteiger partial charge in [-0.05, 0) is 49.9 Å². The van der Waals surface area contributed by atoms with Crippen molar-refractivity contribution < 1.29 is 9.21 Å². The van der Waals surface area contributed by atoms with Gasteiger partial charge in [0.2, 0.25) is 5.96 Å². The van der Waals surface area contributed by atoms with E-state index in [9.17, 15) is 4.79 Å². The molecule has 0 saturated carbocycles. The van der Waals surface area contributed by atoms with Crippen LogP contribution in [0, 0.1) is 6.92 Å². The zero-order valence-corrected chi connectivity index (χ0v) is 15.7. The number of nitrogens with zero attached hydrogens (tertiary/aromatic N) is 3. The Kier molecular flexibility index (Phi) is 4.60. The Morgan fingerprint density at radius 2 is 2.07 bits per heavy atom. The summed E-state index contributed by atoms with van der Waals surface area (Å²) in [5, 5.41) is 6.46. The van der Waals surface area contributed by atoms with Gasteiger partial charge >= 0.3 is 0 Å². The van der Waals surface area contributed by atoms with Crippen molar-refractivity contribution in [2.75, 3.05) is 7.05 Å². The number of benzene rings is 2. The lowest BCUT2D eigenvalue weighted by Crippen LogP contribution is -2.52. The second-order valence-corrected chi connectivity index (χ2v) is 6.77. The standard InChI is InChI=1S/C20H22N6O2/c1-12-4-3-5-14(8-12)19(27)25-20(21)24-18(26(25)22)13-6-7-17-15(9-13)10-16(28-17)11-23-2/h3-10,18,23H,11,22H2,1-2H3,(H2,21,24). The van der Waals surface area contributed by atoms with Gasteiger partial charge in [-0.2, -0.15) is 5.01 Å². The topological polar surface area (TPSA) is 113 Å². The van der Waals surface area contributed by atoms with Crippen molar-refractivity contribution in [3.63, 3.8) is 0 Å². The Morgan fingerprint density at radius 1 is 1.25 bits per heavy atom. The number of aryl methyl sites for hydroxylation is 1. The number of fused-ring (bicyclic) bond motifs is 1. The molecule has 0 spiro atoms. The van der Waals surface area contributed by atoms with Crippen LogP contribution < -0.4 is 16.9 Å². The molecule has 1 aliphatic heterocycles. The number of carbonyl (C=O) groups is 1. The van der Waals surface area contributed by atoms with Gasteiger partial charge in [0, 0.05) is 10.9 Å². The molecule has 144 valence electrons. The first-order valence-electron chi connectivity index (χ1n) is 8.93. The summed E-state index contributed by atoms with van der Waals surface area (Å²) in [5.41, 5.74) is 9.10. The summed E-state index contributed by atoms with van der Waals surface area (Å²) in [5.74, 6) is 6.80. The molecule has 0 bridgehead atoms. The summed E-state index contributed by atoms with van der Waals surface area (Å²) in [7, 11) is 1.86. The molecule has 1 atom stereocenters. The number of hydrazine groups is 2. The van der Waals surface area contributed by atoms with Crippen molar-refractivity contribution >= 4 is 22.8 Å². The highest BCUT2D eigenvalue weighted by molar-refractivity contribution is 6.05. The number of guanidine groups is 1. The molecular formula is C20H22N6O2. The Hall–Kier alpha value is -3.20. The summed E-state index contributed by atoms with van der Waals surface area (Å²) < 4.78 is 5.77. The molecule has 28 heavy (non-hydrogen) atoms. The number of carbonyl (C=O) groups excluding carboxylic acids is 1. The molecule has 0 radical (unpaired) electrons. The molecule has 1 unspecified atom stereocenters. The molecule has 2 heterocycles. The first kappa shape index (κ1) is 18.2. The van der Waals surface area contributed by atoms with E-state index < -0.39 is 6.17 Å². The molecule has 8 heteroatoms. The van der Waals surface area contributed by atoms with Crippen LogP contribution >= 0.6 is 0 Å². The maximum Gasteiger partial charge on any atom is 0.276 e. The van der Waals surface area contributed by atoms with Crippen molar-refractivity contribution in [2.45, 2.75) is 19.6 Å². The SMILES string of the molecule is CNCc1cc2cc(C3N=C(N)N(C(=O)c4cccc(C)c4)N3N)ccc2o1. The third kappa shape index (κ3) is 3.13. The van der Waals surface area contributed by atoms with Crippen LogP contribution in [0.4, 0.5) is 0 Å². The van der Waals surface area contributed by atoms with Crippen LogP contribution in [0.5, 0.6) is 0 Å². The van der Waals surface area contributed by atoms with Crippen LogP contribution in [0.25, 0.3) is 11.0 Å². The number of hydrogen-bond acceptors (Lipinski definition) is 7. The molecule has 4 rings (SSSR count). The molecule has 1 amide bonds. The zero-order valence-electron chi connectivity index (χ0n) is 15.7. The number of amides is 1. The molecule has 1 aliphatic rings. The Morgan fingerprint density at radius 3 is 2.82 bits per heavy atom. The minimum absolute atomic E-state index is 0.0576. The highest BCUT2D eigenvalue weighted by Gasteiger charge is 2.36. The van der Waals surface area contributed by atoms with Crippen molar-refractivity contribution in [1.29, 1.82) is 0 Å². The molecule has 3 aromatic rings. The van der Waals surface area contributed by atoms with Gasteiger partial charge in [0.15, 0.2) is 6.17 Å². The number of rotatable bonds is 4. The summed E-state index contributed by atoms with van der Waals surface area (Å²) >= 11 is 0. The van der Waals surface area contributed by atoms with Crippen molar-refractivity contribution in [3.8, 4) is 0 Å². The molecule has 0 fully saturated rings. The van der Waals surface area contributed by atoms with E-state index in [4.69, 9.17) is 16.0 Å². The summed E-state index contributed by atoms with van der Waals surface area (Å²) in [4.78, 5) is 17.3. The molecule has 5 N–H and O–H groups in total. The van der Waals surface area contributed by atoms with Gasteiger partial charge in [-0.25, -0.2) is 10.8 Å². The lowest BCUT2D eigenvalue weighted by molar-refractivity contribution is 0.0199. The fourth-order valence-corrected chi connectivity index (χ4v) is 3.34. The van der Waals surface area contributed by atoms with E-state index in [0.29, 0.717) is 12.1 Å².